The van der Waals surface area contributed by atoms with Gasteiger partial charge in [-0.3, -0.25) is 4.79 Å². The summed E-state index contributed by atoms with van der Waals surface area (Å²) in [7, 11) is -3.68. The smallest absolute Gasteiger partial charge is 0.253 e. The Bertz CT molecular complexity index is 532. The number of aryl methyl sites for hydroxylation is 1. The third-order valence-electron chi connectivity index (χ3n) is 2.29. The largest absolute Gasteiger partial charge is 0.369 e. The minimum absolute atomic E-state index is 0.210. The van der Waals surface area contributed by atoms with Gasteiger partial charge in [-0.1, -0.05) is 0 Å². The molecule has 0 radical (unpaired) electrons. The second-order valence-corrected chi connectivity index (χ2v) is 8.62. The van der Waals surface area contributed by atoms with Crippen molar-refractivity contribution in [2.24, 2.45) is 5.73 Å². The van der Waals surface area contributed by atoms with Crippen molar-refractivity contribution in [3.63, 3.8) is 0 Å². The highest BCUT2D eigenvalue weighted by Crippen LogP contribution is 2.32. The van der Waals surface area contributed by atoms with Crippen LogP contribution in [0.15, 0.2) is 14.1 Å². The van der Waals surface area contributed by atoms with Crippen LogP contribution in [0.1, 0.15) is 19.4 Å². The Balaban J connectivity index is 3.21. The van der Waals surface area contributed by atoms with Crippen molar-refractivity contribution >= 4 is 43.2 Å². The minimum Gasteiger partial charge on any atom is -0.369 e. The summed E-state index contributed by atoms with van der Waals surface area (Å²) < 4.78 is 26.8. The summed E-state index contributed by atoms with van der Waals surface area (Å²) in [5.41, 5.74) is 5.94. The number of primary amides is 1. The molecule has 0 unspecified atom stereocenters. The molecule has 0 aliphatic rings. The van der Waals surface area contributed by atoms with Crippen LogP contribution in [0.5, 0.6) is 0 Å². The Morgan fingerprint density at radius 1 is 1.56 bits per heavy atom. The van der Waals surface area contributed by atoms with E-state index in [-0.39, 0.29) is 16.8 Å². The summed E-state index contributed by atoms with van der Waals surface area (Å²) in [4.78, 5) is 11.0. The van der Waals surface area contributed by atoms with Crippen molar-refractivity contribution in [1.82, 2.24) is 4.31 Å². The number of hydrogen-bond donors (Lipinski definition) is 1. The van der Waals surface area contributed by atoms with Crippen molar-refractivity contribution < 1.29 is 13.2 Å². The van der Waals surface area contributed by atoms with Gasteiger partial charge in [0.05, 0.1) is 10.3 Å². The molecular formula is C10H15BrN2O3S2. The van der Waals surface area contributed by atoms with E-state index in [1.165, 1.54) is 0 Å². The number of halogens is 1. The maximum Gasteiger partial charge on any atom is 0.253 e. The molecule has 0 aliphatic carbocycles. The number of carbonyl (C=O) groups excluding carboxylic acids is 1. The number of hydrogen-bond acceptors (Lipinski definition) is 4. The van der Waals surface area contributed by atoms with E-state index < -0.39 is 15.9 Å². The molecular weight excluding hydrogens is 340 g/mol. The highest BCUT2D eigenvalue weighted by Gasteiger charge is 2.30. The van der Waals surface area contributed by atoms with Crippen LogP contribution in [0.4, 0.5) is 0 Å². The summed E-state index contributed by atoms with van der Waals surface area (Å²) in [6.45, 7) is 4.91. The fraction of sp³-hybridized carbons (Fsp3) is 0.500. The van der Waals surface area contributed by atoms with E-state index in [1.807, 2.05) is 6.92 Å². The van der Waals surface area contributed by atoms with Crippen LogP contribution < -0.4 is 5.73 Å². The van der Waals surface area contributed by atoms with Crippen molar-refractivity contribution in [3.8, 4) is 0 Å². The molecule has 1 amide bonds. The zero-order chi connectivity index (χ0) is 14.1. The normalized spacial score (nSPS) is 12.3. The first-order valence-corrected chi connectivity index (χ1v) is 8.27. The van der Waals surface area contributed by atoms with Gasteiger partial charge in [0.15, 0.2) is 0 Å². The number of nitrogens with zero attached hydrogens (tertiary/aromatic N) is 1. The Morgan fingerprint density at radius 3 is 2.44 bits per heavy atom. The number of thiophene rings is 1. The molecule has 5 nitrogen and oxygen atoms in total. The molecule has 0 atom stereocenters. The van der Waals surface area contributed by atoms with E-state index in [4.69, 9.17) is 5.73 Å². The molecule has 1 aromatic heterocycles. The van der Waals surface area contributed by atoms with Gasteiger partial charge in [-0.05, 0) is 48.3 Å². The average Bonchev–Trinajstić information content (AvgIpc) is 2.55. The molecule has 1 aromatic rings. The molecule has 8 heteroatoms. The Morgan fingerprint density at radius 2 is 2.11 bits per heavy atom. The first-order valence-electron chi connectivity index (χ1n) is 5.22. The highest BCUT2D eigenvalue weighted by molar-refractivity contribution is 9.11. The van der Waals surface area contributed by atoms with Crippen LogP contribution >= 0.6 is 27.3 Å². The number of nitrogens with two attached hydrogens (primary N) is 1. The van der Waals surface area contributed by atoms with Gasteiger partial charge in [-0.25, -0.2) is 8.42 Å². The zero-order valence-electron chi connectivity index (χ0n) is 10.3. The minimum atomic E-state index is -3.68. The molecule has 0 saturated heterocycles. The number of rotatable bonds is 5. The number of amides is 1. The molecule has 0 aromatic carbocycles. The van der Waals surface area contributed by atoms with Gasteiger partial charge in [0.25, 0.3) is 10.0 Å². The highest BCUT2D eigenvalue weighted by atomic mass is 79.9. The Labute approximate surface area is 119 Å². The average molecular weight is 355 g/mol. The predicted octanol–water partition coefficient (Wildman–Crippen LogP) is 1.70. The van der Waals surface area contributed by atoms with Gasteiger partial charge >= 0.3 is 0 Å². The molecule has 18 heavy (non-hydrogen) atoms. The summed E-state index contributed by atoms with van der Waals surface area (Å²) in [6.07, 6.45) is 0. The van der Waals surface area contributed by atoms with Crippen LogP contribution in [-0.2, 0) is 14.8 Å². The lowest BCUT2D eigenvalue weighted by atomic mass is 10.4. The first-order chi connectivity index (χ1) is 8.16. The van der Waals surface area contributed by atoms with E-state index in [0.29, 0.717) is 0 Å². The third-order valence-corrected chi connectivity index (χ3v) is 6.89. The predicted molar refractivity (Wildman–Crippen MR) is 75.0 cm³/mol. The third kappa shape index (κ3) is 3.31. The maximum atomic E-state index is 12.4. The molecule has 102 valence electrons. The van der Waals surface area contributed by atoms with Crippen molar-refractivity contribution in [2.75, 3.05) is 6.54 Å². The quantitative estimate of drug-likeness (QED) is 0.873. The fourth-order valence-electron chi connectivity index (χ4n) is 1.37. The standard InChI is InChI=1S/C10H15BrN2O3S2/c1-6(2)13(5-8(12)14)18(15,16)9-4-7(3)10(11)17-9/h4,6H,5H2,1-3H3,(H2,12,14). The molecule has 0 fully saturated rings. The lowest BCUT2D eigenvalue weighted by molar-refractivity contribution is -0.118. The summed E-state index contributed by atoms with van der Waals surface area (Å²) in [5, 5.41) is 0. The van der Waals surface area contributed by atoms with Crippen LogP contribution in [0.2, 0.25) is 0 Å². The van der Waals surface area contributed by atoms with Crippen molar-refractivity contribution in [1.29, 1.82) is 0 Å². The van der Waals surface area contributed by atoms with Crippen LogP contribution in [-0.4, -0.2) is 31.2 Å². The summed E-state index contributed by atoms with van der Waals surface area (Å²) >= 11 is 4.42. The second kappa shape index (κ2) is 5.68. The molecule has 0 bridgehead atoms. The lowest BCUT2D eigenvalue weighted by Crippen LogP contribution is -2.42. The summed E-state index contributed by atoms with van der Waals surface area (Å²) in [6, 6.07) is 1.25. The molecule has 1 rings (SSSR count). The van der Waals surface area contributed by atoms with Gasteiger partial charge < -0.3 is 5.73 Å². The topological polar surface area (TPSA) is 80.5 Å². The summed E-state index contributed by atoms with van der Waals surface area (Å²) in [5.74, 6) is -0.667. The number of carbonyl (C=O) groups is 1. The van der Waals surface area contributed by atoms with Crippen LogP contribution in [0, 0.1) is 6.92 Å². The van der Waals surface area contributed by atoms with Crippen molar-refractivity contribution in [3.05, 3.63) is 15.4 Å². The molecule has 2 N–H and O–H groups in total. The molecule has 0 aliphatic heterocycles. The Kier molecular flexibility index (Phi) is 4.93. The first kappa shape index (κ1) is 15.6. The lowest BCUT2D eigenvalue weighted by Gasteiger charge is -2.23. The van der Waals surface area contributed by atoms with E-state index in [0.717, 1.165) is 25.0 Å². The van der Waals surface area contributed by atoms with Crippen molar-refractivity contribution in [2.45, 2.75) is 31.0 Å². The van der Waals surface area contributed by atoms with Gasteiger partial charge in [0.1, 0.15) is 4.21 Å². The molecule has 0 saturated carbocycles. The molecule has 0 spiro atoms. The van der Waals surface area contributed by atoms with E-state index in [9.17, 15) is 13.2 Å². The van der Waals surface area contributed by atoms with E-state index in [2.05, 4.69) is 15.9 Å². The molecule has 1 heterocycles. The Hall–Kier alpha value is -0.440. The zero-order valence-corrected chi connectivity index (χ0v) is 13.5. The van der Waals surface area contributed by atoms with Gasteiger partial charge in [-0.15, -0.1) is 11.3 Å². The maximum absolute atomic E-state index is 12.4. The van der Waals surface area contributed by atoms with E-state index >= 15 is 0 Å². The van der Waals surface area contributed by atoms with Gasteiger partial charge in [0.2, 0.25) is 5.91 Å². The van der Waals surface area contributed by atoms with E-state index in [1.54, 1.807) is 19.9 Å². The van der Waals surface area contributed by atoms with Gasteiger partial charge in [0, 0.05) is 6.04 Å². The van der Waals surface area contributed by atoms with Crippen LogP contribution in [0.25, 0.3) is 0 Å². The van der Waals surface area contributed by atoms with Crippen LogP contribution in [0.3, 0.4) is 0 Å². The SMILES string of the molecule is Cc1cc(S(=O)(=O)N(CC(N)=O)C(C)C)sc1Br. The second-order valence-electron chi connectivity index (χ2n) is 4.13. The van der Waals surface area contributed by atoms with Gasteiger partial charge in [-0.2, -0.15) is 4.31 Å². The fourth-order valence-corrected chi connectivity index (χ4v) is 5.33. The monoisotopic (exact) mass is 354 g/mol. The number of sulfonamides is 1.